The Bertz CT molecular complexity index is 611. The number of hydrogen-bond donors (Lipinski definition) is 0. The summed E-state index contributed by atoms with van der Waals surface area (Å²) >= 11 is 12.0. The molecule has 2 aromatic rings. The molecule has 0 aliphatic heterocycles. The number of rotatable bonds is 1. The Balaban J connectivity index is 2.79. The number of ether oxygens (including phenoxy) is 1. The third kappa shape index (κ3) is 2.08. The second-order valence-electron chi connectivity index (χ2n) is 3.60. The lowest BCUT2D eigenvalue weighted by molar-refractivity contribution is 0.0601. The average Bonchev–Trinajstić information content (AvgIpc) is 2.33. The van der Waals surface area contributed by atoms with Crippen LogP contribution in [0.2, 0.25) is 10.0 Å². The van der Waals surface area contributed by atoms with E-state index in [1.54, 1.807) is 12.1 Å². The molecule has 0 atom stereocenters. The van der Waals surface area contributed by atoms with Gasteiger partial charge in [-0.1, -0.05) is 23.2 Å². The van der Waals surface area contributed by atoms with Gasteiger partial charge in [0.2, 0.25) is 0 Å². The van der Waals surface area contributed by atoms with Crippen LogP contribution in [0.3, 0.4) is 0 Å². The van der Waals surface area contributed by atoms with Crippen molar-refractivity contribution in [3.05, 3.63) is 39.5 Å². The summed E-state index contributed by atoms with van der Waals surface area (Å²) in [5.74, 6) is -0.411. The third-order valence-electron chi connectivity index (χ3n) is 2.47. The summed E-state index contributed by atoms with van der Waals surface area (Å²) < 4.78 is 4.67. The van der Waals surface area contributed by atoms with Gasteiger partial charge >= 0.3 is 5.97 Å². The molecule has 2 rings (SSSR count). The standard InChI is InChI=1S/C12H9Cl2NO2/c1-6-3-7(12(16)17-2)4-8-10(14)9(13)5-15-11(6)8/h3-5H,1-2H3. The molecule has 0 saturated carbocycles. The van der Waals surface area contributed by atoms with Gasteiger partial charge in [-0.25, -0.2) is 4.79 Å². The number of aromatic nitrogens is 1. The van der Waals surface area contributed by atoms with Gasteiger partial charge in [-0.15, -0.1) is 0 Å². The van der Waals surface area contributed by atoms with Crippen molar-refractivity contribution in [1.29, 1.82) is 0 Å². The van der Waals surface area contributed by atoms with Crippen molar-refractivity contribution in [3.8, 4) is 0 Å². The molecule has 0 N–H and O–H groups in total. The van der Waals surface area contributed by atoms with Crippen LogP contribution in [-0.2, 0) is 4.74 Å². The highest BCUT2D eigenvalue weighted by molar-refractivity contribution is 6.45. The zero-order chi connectivity index (χ0) is 12.6. The minimum absolute atomic E-state index is 0.362. The van der Waals surface area contributed by atoms with Gasteiger partial charge in [0.25, 0.3) is 0 Å². The SMILES string of the molecule is COC(=O)c1cc(C)c2ncc(Cl)c(Cl)c2c1. The molecule has 0 amide bonds. The number of halogens is 2. The van der Waals surface area contributed by atoms with Crippen LogP contribution >= 0.6 is 23.2 Å². The Morgan fingerprint density at radius 1 is 1.35 bits per heavy atom. The average molecular weight is 270 g/mol. The summed E-state index contributed by atoms with van der Waals surface area (Å²) in [6.07, 6.45) is 1.50. The molecule has 0 saturated heterocycles. The van der Waals surface area contributed by atoms with Gasteiger partial charge in [-0.2, -0.15) is 0 Å². The minimum atomic E-state index is -0.411. The molecule has 1 aromatic carbocycles. The number of hydrogen-bond acceptors (Lipinski definition) is 3. The Hall–Kier alpha value is -1.32. The number of esters is 1. The maximum absolute atomic E-state index is 11.5. The van der Waals surface area contributed by atoms with Gasteiger partial charge < -0.3 is 4.74 Å². The van der Waals surface area contributed by atoms with Crippen LogP contribution < -0.4 is 0 Å². The lowest BCUT2D eigenvalue weighted by Crippen LogP contribution is -2.02. The van der Waals surface area contributed by atoms with E-state index in [9.17, 15) is 4.79 Å². The molecule has 3 nitrogen and oxygen atoms in total. The Morgan fingerprint density at radius 3 is 2.71 bits per heavy atom. The van der Waals surface area contributed by atoms with E-state index in [2.05, 4.69) is 9.72 Å². The van der Waals surface area contributed by atoms with Crippen LogP contribution in [0.5, 0.6) is 0 Å². The maximum Gasteiger partial charge on any atom is 0.337 e. The highest BCUT2D eigenvalue weighted by atomic mass is 35.5. The van der Waals surface area contributed by atoms with Gasteiger partial charge in [0.15, 0.2) is 0 Å². The number of aryl methyl sites for hydroxylation is 1. The molecule has 17 heavy (non-hydrogen) atoms. The first-order chi connectivity index (χ1) is 8.04. The smallest absolute Gasteiger partial charge is 0.337 e. The first-order valence-corrected chi connectivity index (χ1v) is 5.63. The Labute approximate surface area is 108 Å². The van der Waals surface area contributed by atoms with Gasteiger partial charge in [-0.3, -0.25) is 4.98 Å². The van der Waals surface area contributed by atoms with E-state index in [0.717, 1.165) is 11.1 Å². The van der Waals surface area contributed by atoms with E-state index in [0.29, 0.717) is 21.0 Å². The van der Waals surface area contributed by atoms with Gasteiger partial charge in [0.1, 0.15) is 0 Å². The highest BCUT2D eigenvalue weighted by Crippen LogP contribution is 2.31. The Kier molecular flexibility index (Phi) is 3.22. The summed E-state index contributed by atoms with van der Waals surface area (Å²) in [5, 5.41) is 1.41. The lowest BCUT2D eigenvalue weighted by atomic mass is 10.1. The summed E-state index contributed by atoms with van der Waals surface area (Å²) in [5.41, 5.74) is 2.01. The molecule has 0 spiro atoms. The first kappa shape index (κ1) is 12.1. The van der Waals surface area contributed by atoms with Crippen LogP contribution in [0, 0.1) is 6.92 Å². The highest BCUT2D eigenvalue weighted by Gasteiger charge is 2.12. The summed E-state index contributed by atoms with van der Waals surface area (Å²) in [7, 11) is 1.33. The molecule has 0 bridgehead atoms. The molecule has 0 aliphatic rings. The van der Waals surface area contributed by atoms with E-state index in [1.165, 1.54) is 13.3 Å². The fraction of sp³-hybridized carbons (Fsp3) is 0.167. The number of carbonyl (C=O) groups is 1. The van der Waals surface area contributed by atoms with Crippen LogP contribution in [0.1, 0.15) is 15.9 Å². The first-order valence-electron chi connectivity index (χ1n) is 4.87. The van der Waals surface area contributed by atoms with E-state index in [-0.39, 0.29) is 0 Å². The predicted octanol–water partition coefficient (Wildman–Crippen LogP) is 3.64. The van der Waals surface area contributed by atoms with Crippen LogP contribution in [0.4, 0.5) is 0 Å². The van der Waals surface area contributed by atoms with Crippen molar-refractivity contribution < 1.29 is 9.53 Å². The number of pyridine rings is 1. The van der Waals surface area contributed by atoms with Crippen molar-refractivity contribution in [2.75, 3.05) is 7.11 Å². The number of carbonyl (C=O) groups excluding carboxylic acids is 1. The number of nitrogens with zero attached hydrogens (tertiary/aromatic N) is 1. The summed E-state index contributed by atoms with van der Waals surface area (Å²) in [4.78, 5) is 15.7. The van der Waals surface area contributed by atoms with Gasteiger partial charge in [-0.05, 0) is 24.6 Å². The van der Waals surface area contributed by atoms with Gasteiger partial charge in [0, 0.05) is 11.6 Å². The number of methoxy groups -OCH3 is 1. The van der Waals surface area contributed by atoms with E-state index >= 15 is 0 Å². The largest absolute Gasteiger partial charge is 0.465 e. The molecule has 1 heterocycles. The van der Waals surface area contributed by atoms with E-state index < -0.39 is 5.97 Å². The number of fused-ring (bicyclic) bond motifs is 1. The van der Waals surface area contributed by atoms with E-state index in [4.69, 9.17) is 23.2 Å². The van der Waals surface area contributed by atoms with E-state index in [1.807, 2.05) is 6.92 Å². The molecule has 0 aliphatic carbocycles. The van der Waals surface area contributed by atoms with Crippen molar-refractivity contribution >= 4 is 40.1 Å². The van der Waals surface area contributed by atoms with Crippen molar-refractivity contribution in [2.24, 2.45) is 0 Å². The molecule has 0 fully saturated rings. The maximum atomic E-state index is 11.5. The molecular weight excluding hydrogens is 261 g/mol. The van der Waals surface area contributed by atoms with Crippen LogP contribution in [0.25, 0.3) is 10.9 Å². The van der Waals surface area contributed by atoms with Crippen molar-refractivity contribution in [1.82, 2.24) is 4.98 Å². The fourth-order valence-electron chi connectivity index (χ4n) is 1.66. The quantitative estimate of drug-likeness (QED) is 0.742. The fourth-order valence-corrected chi connectivity index (χ4v) is 2.00. The molecule has 1 aromatic heterocycles. The van der Waals surface area contributed by atoms with Crippen LogP contribution in [-0.4, -0.2) is 18.1 Å². The van der Waals surface area contributed by atoms with Gasteiger partial charge in [0.05, 0.1) is 28.2 Å². The summed E-state index contributed by atoms with van der Waals surface area (Å²) in [6, 6.07) is 3.35. The minimum Gasteiger partial charge on any atom is -0.465 e. The van der Waals surface area contributed by atoms with Crippen molar-refractivity contribution in [2.45, 2.75) is 6.92 Å². The van der Waals surface area contributed by atoms with Crippen LogP contribution in [0.15, 0.2) is 18.3 Å². The summed E-state index contributed by atoms with van der Waals surface area (Å²) in [6.45, 7) is 1.85. The topological polar surface area (TPSA) is 39.2 Å². The number of benzene rings is 1. The monoisotopic (exact) mass is 269 g/mol. The lowest BCUT2D eigenvalue weighted by Gasteiger charge is -2.07. The molecular formula is C12H9Cl2NO2. The van der Waals surface area contributed by atoms with Crippen molar-refractivity contribution in [3.63, 3.8) is 0 Å². The second kappa shape index (κ2) is 4.51. The molecule has 0 unspecified atom stereocenters. The second-order valence-corrected chi connectivity index (χ2v) is 4.39. The third-order valence-corrected chi connectivity index (χ3v) is 3.27. The normalized spacial score (nSPS) is 10.6. The zero-order valence-corrected chi connectivity index (χ0v) is 10.8. The molecule has 0 radical (unpaired) electrons. The Morgan fingerprint density at radius 2 is 2.06 bits per heavy atom. The molecule has 88 valence electrons. The molecule has 5 heteroatoms. The predicted molar refractivity (Wildman–Crippen MR) is 67.8 cm³/mol. The zero-order valence-electron chi connectivity index (χ0n) is 9.25.